The molecule has 1 aromatic rings. The molecule has 2 unspecified atom stereocenters. The molecule has 3 rings (SSSR count). The predicted molar refractivity (Wildman–Crippen MR) is 73.6 cm³/mol. The second-order valence-corrected chi connectivity index (χ2v) is 6.43. The molecule has 2 aliphatic heterocycles. The molecule has 0 saturated carbocycles. The van der Waals surface area contributed by atoms with Crippen LogP contribution in [-0.2, 0) is 6.42 Å². The molecule has 1 N–H and O–H groups in total. The van der Waals surface area contributed by atoms with Crippen LogP contribution in [0.2, 0.25) is 0 Å². The van der Waals surface area contributed by atoms with Crippen LogP contribution >= 0.6 is 0 Å². The Hall–Kier alpha value is -0.930. The molecule has 2 bridgehead atoms. The molecule has 2 saturated heterocycles. The zero-order chi connectivity index (χ0) is 13.6. The SMILES string of the molecule is Cc1ccc(F)cc1CC1(O)CC2CCC(C1)N2C. The molecular weight excluding hydrogens is 241 g/mol. The molecule has 0 radical (unpaired) electrons. The second kappa shape index (κ2) is 4.57. The first-order chi connectivity index (χ1) is 8.97. The van der Waals surface area contributed by atoms with E-state index in [9.17, 15) is 9.50 Å². The van der Waals surface area contributed by atoms with Gasteiger partial charge in [0.1, 0.15) is 5.82 Å². The Morgan fingerprint density at radius 3 is 2.58 bits per heavy atom. The van der Waals surface area contributed by atoms with E-state index in [1.165, 1.54) is 18.9 Å². The molecule has 2 fully saturated rings. The minimum Gasteiger partial charge on any atom is -0.389 e. The van der Waals surface area contributed by atoms with Gasteiger partial charge in [-0.15, -0.1) is 0 Å². The first-order valence-corrected chi connectivity index (χ1v) is 7.16. The van der Waals surface area contributed by atoms with Crippen molar-refractivity contribution in [1.82, 2.24) is 4.90 Å². The average Bonchev–Trinajstić information content (AvgIpc) is 2.59. The molecule has 0 spiro atoms. The maximum absolute atomic E-state index is 13.4. The topological polar surface area (TPSA) is 23.5 Å². The lowest BCUT2D eigenvalue weighted by Crippen LogP contribution is -2.50. The van der Waals surface area contributed by atoms with Crippen molar-refractivity contribution in [2.24, 2.45) is 0 Å². The van der Waals surface area contributed by atoms with E-state index in [1.807, 2.05) is 6.92 Å². The van der Waals surface area contributed by atoms with Gasteiger partial charge in [-0.3, -0.25) is 0 Å². The molecule has 104 valence electrons. The van der Waals surface area contributed by atoms with Crippen molar-refractivity contribution in [3.63, 3.8) is 0 Å². The van der Waals surface area contributed by atoms with Crippen LogP contribution in [0.4, 0.5) is 4.39 Å². The summed E-state index contributed by atoms with van der Waals surface area (Å²) < 4.78 is 13.4. The van der Waals surface area contributed by atoms with E-state index in [0.29, 0.717) is 18.5 Å². The molecule has 3 heteroatoms. The maximum atomic E-state index is 13.4. The lowest BCUT2D eigenvalue weighted by Gasteiger charge is -2.42. The summed E-state index contributed by atoms with van der Waals surface area (Å²) >= 11 is 0. The summed E-state index contributed by atoms with van der Waals surface area (Å²) in [5.74, 6) is -0.208. The molecule has 19 heavy (non-hydrogen) atoms. The lowest BCUT2D eigenvalue weighted by atomic mass is 9.81. The van der Waals surface area contributed by atoms with Gasteiger partial charge >= 0.3 is 0 Å². The van der Waals surface area contributed by atoms with Gasteiger partial charge < -0.3 is 10.0 Å². The highest BCUT2D eigenvalue weighted by molar-refractivity contribution is 5.28. The number of hydrogen-bond donors (Lipinski definition) is 1. The molecule has 2 nitrogen and oxygen atoms in total. The van der Waals surface area contributed by atoms with Crippen LogP contribution in [0.5, 0.6) is 0 Å². The second-order valence-electron chi connectivity index (χ2n) is 6.43. The third-order valence-corrected chi connectivity index (χ3v) is 5.05. The fourth-order valence-electron chi connectivity index (χ4n) is 3.87. The van der Waals surface area contributed by atoms with Crippen molar-refractivity contribution in [3.8, 4) is 0 Å². The van der Waals surface area contributed by atoms with Crippen LogP contribution in [0.15, 0.2) is 18.2 Å². The van der Waals surface area contributed by atoms with Gasteiger partial charge in [0.25, 0.3) is 0 Å². The summed E-state index contributed by atoms with van der Waals surface area (Å²) in [5.41, 5.74) is 1.37. The van der Waals surface area contributed by atoms with Gasteiger partial charge in [-0.2, -0.15) is 0 Å². The maximum Gasteiger partial charge on any atom is 0.123 e. The van der Waals surface area contributed by atoms with E-state index in [4.69, 9.17) is 0 Å². The Labute approximate surface area is 114 Å². The van der Waals surface area contributed by atoms with E-state index < -0.39 is 5.60 Å². The molecule has 2 aliphatic rings. The van der Waals surface area contributed by atoms with Gasteiger partial charge in [0.05, 0.1) is 5.60 Å². The predicted octanol–water partition coefficient (Wildman–Crippen LogP) is 2.66. The summed E-state index contributed by atoms with van der Waals surface area (Å²) in [4.78, 5) is 2.41. The van der Waals surface area contributed by atoms with E-state index >= 15 is 0 Å². The number of benzene rings is 1. The van der Waals surface area contributed by atoms with Crippen LogP contribution in [0.25, 0.3) is 0 Å². The van der Waals surface area contributed by atoms with Gasteiger partial charge in [-0.1, -0.05) is 6.07 Å². The zero-order valence-corrected chi connectivity index (χ0v) is 11.7. The van der Waals surface area contributed by atoms with E-state index in [1.54, 1.807) is 12.1 Å². The lowest BCUT2D eigenvalue weighted by molar-refractivity contribution is -0.0438. The largest absolute Gasteiger partial charge is 0.389 e. The number of halogens is 1. The molecule has 0 aliphatic carbocycles. The Morgan fingerprint density at radius 1 is 1.32 bits per heavy atom. The Bertz CT molecular complexity index is 474. The molecule has 0 amide bonds. The van der Waals surface area contributed by atoms with Crippen molar-refractivity contribution < 1.29 is 9.50 Å². The first-order valence-electron chi connectivity index (χ1n) is 7.16. The molecule has 2 heterocycles. The standard InChI is InChI=1S/C16H22FNO/c1-11-3-4-13(17)7-12(11)8-16(19)9-14-5-6-15(10-16)18(14)2/h3-4,7,14-15,19H,5-6,8-10H2,1-2H3. The van der Waals surface area contributed by atoms with Crippen LogP contribution in [0.3, 0.4) is 0 Å². The van der Waals surface area contributed by atoms with Gasteiger partial charge in [0, 0.05) is 18.5 Å². The monoisotopic (exact) mass is 263 g/mol. The van der Waals surface area contributed by atoms with Crippen LogP contribution in [0.1, 0.15) is 36.8 Å². The van der Waals surface area contributed by atoms with Gasteiger partial charge in [-0.05, 0) is 62.9 Å². The van der Waals surface area contributed by atoms with E-state index in [2.05, 4.69) is 11.9 Å². The van der Waals surface area contributed by atoms with E-state index in [0.717, 1.165) is 24.0 Å². The quantitative estimate of drug-likeness (QED) is 0.886. The normalized spacial score (nSPS) is 34.7. The van der Waals surface area contributed by atoms with Crippen LogP contribution < -0.4 is 0 Å². The van der Waals surface area contributed by atoms with Crippen molar-refractivity contribution in [2.45, 2.75) is 56.7 Å². The highest BCUT2D eigenvalue weighted by atomic mass is 19.1. The fraction of sp³-hybridized carbons (Fsp3) is 0.625. The fourth-order valence-corrected chi connectivity index (χ4v) is 3.87. The van der Waals surface area contributed by atoms with Crippen molar-refractivity contribution in [3.05, 3.63) is 35.1 Å². The van der Waals surface area contributed by atoms with E-state index in [-0.39, 0.29) is 5.82 Å². The van der Waals surface area contributed by atoms with Gasteiger partial charge in [0.2, 0.25) is 0 Å². The average molecular weight is 263 g/mol. The third-order valence-electron chi connectivity index (χ3n) is 5.05. The first kappa shape index (κ1) is 13.1. The number of fused-ring (bicyclic) bond motifs is 2. The Kier molecular flexibility index (Phi) is 3.14. The number of aryl methyl sites for hydroxylation is 1. The number of nitrogens with zero attached hydrogens (tertiary/aromatic N) is 1. The summed E-state index contributed by atoms with van der Waals surface area (Å²) in [6.07, 6.45) is 4.58. The number of aliphatic hydroxyl groups is 1. The zero-order valence-electron chi connectivity index (χ0n) is 11.7. The third kappa shape index (κ3) is 2.41. The Balaban J connectivity index is 1.81. The number of rotatable bonds is 2. The molecular formula is C16H22FNO. The summed E-state index contributed by atoms with van der Waals surface area (Å²) in [7, 11) is 2.16. The molecule has 2 atom stereocenters. The smallest absolute Gasteiger partial charge is 0.123 e. The Morgan fingerprint density at radius 2 is 1.95 bits per heavy atom. The van der Waals surface area contributed by atoms with Gasteiger partial charge in [-0.25, -0.2) is 4.39 Å². The number of hydrogen-bond acceptors (Lipinski definition) is 2. The highest BCUT2D eigenvalue weighted by Gasteiger charge is 2.45. The minimum absolute atomic E-state index is 0.208. The van der Waals surface area contributed by atoms with Crippen molar-refractivity contribution in [1.29, 1.82) is 0 Å². The summed E-state index contributed by atoms with van der Waals surface area (Å²) in [5, 5.41) is 10.9. The van der Waals surface area contributed by atoms with Crippen molar-refractivity contribution in [2.75, 3.05) is 7.05 Å². The van der Waals surface area contributed by atoms with Gasteiger partial charge in [0.15, 0.2) is 0 Å². The van der Waals surface area contributed by atoms with Crippen molar-refractivity contribution >= 4 is 0 Å². The number of piperidine rings is 1. The summed E-state index contributed by atoms with van der Waals surface area (Å²) in [6.45, 7) is 1.99. The minimum atomic E-state index is -0.656. The molecule has 1 aromatic carbocycles. The highest BCUT2D eigenvalue weighted by Crippen LogP contribution is 2.41. The van der Waals surface area contributed by atoms with Crippen LogP contribution in [-0.4, -0.2) is 34.7 Å². The molecule has 0 aromatic heterocycles. The van der Waals surface area contributed by atoms with Crippen LogP contribution in [0, 0.1) is 12.7 Å². The summed E-state index contributed by atoms with van der Waals surface area (Å²) in [6, 6.07) is 5.86.